The number of halogens is 3. The van der Waals surface area contributed by atoms with Gasteiger partial charge >= 0.3 is 6.18 Å². The largest absolute Gasteiger partial charge is 0.417 e. The molecule has 25 heavy (non-hydrogen) atoms. The quantitative estimate of drug-likeness (QED) is 0.819. The van der Waals surface area contributed by atoms with Gasteiger partial charge in [-0.05, 0) is 38.0 Å². The third-order valence-corrected chi connectivity index (χ3v) is 5.83. The molecule has 1 aromatic rings. The van der Waals surface area contributed by atoms with Crippen LogP contribution in [0.25, 0.3) is 0 Å². The zero-order valence-corrected chi connectivity index (χ0v) is 14.3. The molecule has 10 heteroatoms. The average Bonchev–Trinajstić information content (AvgIpc) is 3.00. The molecule has 140 valence electrons. The molecule has 0 saturated carbocycles. The van der Waals surface area contributed by atoms with Crippen LogP contribution in [0.1, 0.15) is 26.2 Å². The van der Waals surface area contributed by atoms with E-state index >= 15 is 0 Å². The zero-order chi connectivity index (χ0) is 18.9. The summed E-state index contributed by atoms with van der Waals surface area (Å²) in [5.74, 6) is -1.07. The number of nitrogens with zero attached hydrogens (tertiary/aromatic N) is 1. The number of anilines is 1. The first-order valence-electron chi connectivity index (χ1n) is 7.63. The smallest absolute Gasteiger partial charge is 0.380 e. The van der Waals surface area contributed by atoms with Crippen molar-refractivity contribution in [2.45, 2.75) is 42.9 Å². The summed E-state index contributed by atoms with van der Waals surface area (Å²) in [4.78, 5) is 11.7. The predicted octanol–water partition coefficient (Wildman–Crippen LogP) is 2.11. The molecular formula is C15H19F3N2O4S. The minimum absolute atomic E-state index is 0.0447. The van der Waals surface area contributed by atoms with Gasteiger partial charge in [0.05, 0.1) is 11.3 Å². The van der Waals surface area contributed by atoms with E-state index in [0.717, 1.165) is 12.8 Å². The maximum absolute atomic E-state index is 12.6. The number of nitrogens with one attached hydrogen (secondary N) is 1. The highest BCUT2D eigenvalue weighted by atomic mass is 32.2. The van der Waals surface area contributed by atoms with Crippen molar-refractivity contribution >= 4 is 21.6 Å². The van der Waals surface area contributed by atoms with Gasteiger partial charge in [0.1, 0.15) is 0 Å². The summed E-state index contributed by atoms with van der Waals surface area (Å²) in [5, 5.41) is 11.5. The molecule has 0 bridgehead atoms. The number of alkyl halides is 3. The van der Waals surface area contributed by atoms with Gasteiger partial charge in [0.2, 0.25) is 15.9 Å². The van der Waals surface area contributed by atoms with Crippen molar-refractivity contribution < 1.29 is 31.5 Å². The second-order valence-corrected chi connectivity index (χ2v) is 8.07. The molecule has 0 aliphatic carbocycles. The standard InChI is InChI=1S/C15H19F3N2O4S/c1-14(22,15(16,17)18)10-13(21)19-11-5-4-6-12(9-11)25(23,24)20-7-2-3-8-20/h4-6,9,22H,2-3,7-8,10H2,1H3,(H,19,21)/t14-/m1/s1. The highest BCUT2D eigenvalue weighted by Gasteiger charge is 2.51. The Morgan fingerprint density at radius 2 is 1.88 bits per heavy atom. The monoisotopic (exact) mass is 380 g/mol. The number of sulfonamides is 1. The maximum Gasteiger partial charge on any atom is 0.417 e. The Balaban J connectivity index is 2.13. The van der Waals surface area contributed by atoms with Crippen LogP contribution in [-0.2, 0) is 14.8 Å². The Bertz CT molecular complexity index is 741. The van der Waals surface area contributed by atoms with Gasteiger partial charge in [0.15, 0.2) is 5.60 Å². The van der Waals surface area contributed by atoms with Gasteiger partial charge in [-0.25, -0.2) is 8.42 Å². The van der Waals surface area contributed by atoms with Crippen LogP contribution >= 0.6 is 0 Å². The van der Waals surface area contributed by atoms with Gasteiger partial charge in [0.25, 0.3) is 0 Å². The maximum atomic E-state index is 12.6. The van der Waals surface area contributed by atoms with E-state index in [9.17, 15) is 31.5 Å². The summed E-state index contributed by atoms with van der Waals surface area (Å²) in [5.41, 5.74) is -3.13. The third-order valence-electron chi connectivity index (χ3n) is 3.94. The number of hydrogen-bond acceptors (Lipinski definition) is 4. The molecule has 2 rings (SSSR count). The van der Waals surface area contributed by atoms with Crippen LogP contribution in [0.3, 0.4) is 0 Å². The molecule has 1 aliphatic heterocycles. The summed E-state index contributed by atoms with van der Waals surface area (Å²) in [6.45, 7) is 1.32. The van der Waals surface area contributed by atoms with Gasteiger partial charge in [-0.2, -0.15) is 17.5 Å². The Morgan fingerprint density at radius 3 is 2.44 bits per heavy atom. The van der Waals surface area contributed by atoms with Crippen LogP contribution in [-0.4, -0.2) is 48.6 Å². The van der Waals surface area contributed by atoms with E-state index in [4.69, 9.17) is 0 Å². The van der Waals surface area contributed by atoms with Crippen LogP contribution in [0.4, 0.5) is 18.9 Å². The highest BCUT2D eigenvalue weighted by Crippen LogP contribution is 2.33. The van der Waals surface area contributed by atoms with E-state index in [1.54, 1.807) is 0 Å². The molecule has 1 fully saturated rings. The van der Waals surface area contributed by atoms with Crippen molar-refractivity contribution in [3.05, 3.63) is 24.3 Å². The molecule has 0 radical (unpaired) electrons. The van der Waals surface area contributed by atoms with Crippen LogP contribution in [0.5, 0.6) is 0 Å². The number of carbonyl (C=O) groups is 1. The Kier molecular flexibility index (Phi) is 5.45. The lowest BCUT2D eigenvalue weighted by atomic mass is 10.0. The third kappa shape index (κ3) is 4.50. The van der Waals surface area contributed by atoms with E-state index in [2.05, 4.69) is 5.32 Å². The summed E-state index contributed by atoms with van der Waals surface area (Å²) < 4.78 is 64.1. The number of rotatable bonds is 5. The fourth-order valence-corrected chi connectivity index (χ4v) is 3.99. The highest BCUT2D eigenvalue weighted by molar-refractivity contribution is 7.89. The average molecular weight is 380 g/mol. The predicted molar refractivity (Wildman–Crippen MR) is 84.4 cm³/mol. The number of aliphatic hydroxyl groups is 1. The Hall–Kier alpha value is -1.65. The van der Waals surface area contributed by atoms with Crippen LogP contribution in [0, 0.1) is 0 Å². The number of benzene rings is 1. The van der Waals surface area contributed by atoms with Crippen molar-refractivity contribution in [3.63, 3.8) is 0 Å². The number of hydrogen-bond donors (Lipinski definition) is 2. The van der Waals surface area contributed by atoms with Crippen molar-refractivity contribution in [1.82, 2.24) is 4.31 Å². The molecule has 6 nitrogen and oxygen atoms in total. The van der Waals surface area contributed by atoms with E-state index in [1.807, 2.05) is 0 Å². The first-order valence-corrected chi connectivity index (χ1v) is 9.07. The SMILES string of the molecule is C[C@@](O)(CC(=O)Nc1cccc(S(=O)(=O)N2CCCC2)c1)C(F)(F)F. The fraction of sp³-hybridized carbons (Fsp3) is 0.533. The Morgan fingerprint density at radius 1 is 1.28 bits per heavy atom. The van der Waals surface area contributed by atoms with Crippen molar-refractivity contribution in [1.29, 1.82) is 0 Å². The molecule has 1 aliphatic rings. The molecule has 1 saturated heterocycles. The fourth-order valence-electron chi connectivity index (χ4n) is 2.43. The summed E-state index contributed by atoms with van der Waals surface area (Å²) in [7, 11) is -3.70. The lowest BCUT2D eigenvalue weighted by molar-refractivity contribution is -0.252. The number of amides is 1. The van der Waals surface area contributed by atoms with Crippen molar-refractivity contribution in [2.75, 3.05) is 18.4 Å². The normalized spacial score (nSPS) is 18.8. The van der Waals surface area contributed by atoms with Crippen LogP contribution in [0.15, 0.2) is 29.2 Å². The summed E-state index contributed by atoms with van der Waals surface area (Å²) >= 11 is 0. The molecule has 1 atom stereocenters. The molecule has 1 amide bonds. The lowest BCUT2D eigenvalue weighted by Crippen LogP contribution is -2.44. The van der Waals surface area contributed by atoms with Gasteiger partial charge in [-0.3, -0.25) is 4.79 Å². The summed E-state index contributed by atoms with van der Waals surface area (Å²) in [6, 6.07) is 5.30. The lowest BCUT2D eigenvalue weighted by Gasteiger charge is -2.25. The van der Waals surface area contributed by atoms with E-state index in [-0.39, 0.29) is 10.6 Å². The molecule has 1 aromatic carbocycles. The first kappa shape index (κ1) is 19.7. The second kappa shape index (κ2) is 6.93. The van der Waals surface area contributed by atoms with Crippen molar-refractivity contribution in [3.8, 4) is 0 Å². The van der Waals surface area contributed by atoms with Gasteiger partial charge in [0, 0.05) is 18.8 Å². The number of carbonyl (C=O) groups excluding carboxylic acids is 1. The van der Waals surface area contributed by atoms with Gasteiger partial charge < -0.3 is 10.4 Å². The molecule has 0 spiro atoms. The molecular weight excluding hydrogens is 361 g/mol. The first-order chi connectivity index (χ1) is 11.4. The topological polar surface area (TPSA) is 86.7 Å². The summed E-state index contributed by atoms with van der Waals surface area (Å²) in [6.07, 6.45) is -4.62. The Labute approximate surface area is 143 Å². The molecule has 0 aromatic heterocycles. The van der Waals surface area contributed by atoms with E-state index in [1.165, 1.54) is 28.6 Å². The molecule has 1 heterocycles. The van der Waals surface area contributed by atoms with Gasteiger partial charge in [-0.1, -0.05) is 6.07 Å². The molecule has 2 N–H and O–H groups in total. The molecule has 0 unspecified atom stereocenters. The zero-order valence-electron chi connectivity index (χ0n) is 13.5. The van der Waals surface area contributed by atoms with E-state index in [0.29, 0.717) is 20.0 Å². The van der Waals surface area contributed by atoms with Crippen LogP contribution in [0.2, 0.25) is 0 Å². The minimum atomic E-state index is -4.95. The van der Waals surface area contributed by atoms with Crippen molar-refractivity contribution in [2.24, 2.45) is 0 Å². The second-order valence-electron chi connectivity index (χ2n) is 6.14. The minimum Gasteiger partial charge on any atom is -0.380 e. The van der Waals surface area contributed by atoms with Crippen LogP contribution < -0.4 is 5.32 Å². The van der Waals surface area contributed by atoms with E-state index < -0.39 is 34.1 Å². The van der Waals surface area contributed by atoms with Gasteiger partial charge in [-0.15, -0.1) is 0 Å².